The van der Waals surface area contributed by atoms with Gasteiger partial charge < -0.3 is 1.43 Å². The van der Waals surface area contributed by atoms with E-state index in [1.54, 1.807) is 6.92 Å². The Hall–Kier alpha value is 0.650. The van der Waals surface area contributed by atoms with Crippen LogP contribution >= 0.6 is 0 Å². The minimum absolute atomic E-state index is 0. The van der Waals surface area contributed by atoms with E-state index in [0.717, 1.165) is 19.3 Å². The van der Waals surface area contributed by atoms with Crippen molar-refractivity contribution < 1.29 is 43.6 Å². The Morgan fingerprint density at radius 3 is 1.64 bits per heavy atom. The molecule has 3 nitrogen and oxygen atoms in total. The summed E-state index contributed by atoms with van der Waals surface area (Å²) < 4.78 is 27.4. The van der Waals surface area contributed by atoms with Gasteiger partial charge in [-0.05, 0) is 39.0 Å². The van der Waals surface area contributed by atoms with Crippen LogP contribution in [-0.4, -0.2) is 20.8 Å². The average molecular weight is 385 g/mol. The molecule has 0 heterocycles. The molecule has 0 bridgehead atoms. The first kappa shape index (κ1) is 27.9. The van der Waals surface area contributed by atoms with Gasteiger partial charge >= 0.3 is 29.6 Å². The van der Waals surface area contributed by atoms with Crippen LogP contribution in [0.15, 0.2) is 12.2 Å². The molecule has 0 fully saturated rings. The second-order valence-corrected chi connectivity index (χ2v) is 8.37. The molecular weight excluding hydrogens is 343 g/mol. The molecule has 0 saturated carbocycles. The quantitative estimate of drug-likeness (QED) is 0.157. The van der Waals surface area contributed by atoms with Crippen molar-refractivity contribution >= 4 is 10.1 Å². The number of rotatable bonds is 18. The van der Waals surface area contributed by atoms with Crippen LogP contribution in [0.3, 0.4) is 0 Å². The van der Waals surface area contributed by atoms with Gasteiger partial charge in [0.05, 0.1) is 12.4 Å². The summed E-state index contributed by atoms with van der Waals surface area (Å²) in [5, 5.41) is 0. The summed E-state index contributed by atoms with van der Waals surface area (Å²) in [5.74, 6) is 0.169. The van der Waals surface area contributed by atoms with Gasteiger partial charge in [0.25, 0.3) is 10.1 Å². The predicted molar refractivity (Wildman–Crippen MR) is 106 cm³/mol. The van der Waals surface area contributed by atoms with E-state index in [-0.39, 0.29) is 43.3 Å². The van der Waals surface area contributed by atoms with Gasteiger partial charge in [-0.25, -0.2) is 0 Å². The zero-order valence-electron chi connectivity index (χ0n) is 18.1. The maximum absolute atomic E-state index is 11.3. The molecule has 0 aliphatic rings. The van der Waals surface area contributed by atoms with Crippen LogP contribution in [0.2, 0.25) is 0 Å². The average Bonchev–Trinajstić information content (AvgIpc) is 2.54. The molecule has 0 aromatic rings. The van der Waals surface area contributed by atoms with Crippen LogP contribution in [0.1, 0.15) is 105 Å². The standard InChI is InChI=1S/C20H40O3S.Na.H/c1-3-5-6-7-8-9-10-11-12-13-14-15-16-17-18-19-20-24(21,22)23-4-2;;/h11-12H,3-10,13-20H2,1-2H3;;/q;+1;-1/b12-11-;;. The van der Waals surface area contributed by atoms with Crippen LogP contribution in [-0.2, 0) is 14.3 Å². The molecule has 0 N–H and O–H groups in total. The smallest absolute Gasteiger partial charge is 1.00 e. The summed E-state index contributed by atoms with van der Waals surface area (Å²) in [6.07, 6.45) is 21.9. The van der Waals surface area contributed by atoms with Gasteiger partial charge in [-0.3, -0.25) is 4.18 Å². The van der Waals surface area contributed by atoms with Crippen LogP contribution < -0.4 is 29.6 Å². The zero-order valence-corrected chi connectivity index (χ0v) is 19.9. The molecule has 5 heteroatoms. The van der Waals surface area contributed by atoms with Crippen molar-refractivity contribution in [3.63, 3.8) is 0 Å². The van der Waals surface area contributed by atoms with Crippen molar-refractivity contribution in [3.8, 4) is 0 Å². The fourth-order valence-electron chi connectivity index (χ4n) is 2.76. The molecule has 0 rings (SSSR count). The van der Waals surface area contributed by atoms with E-state index in [1.807, 2.05) is 0 Å². The monoisotopic (exact) mass is 384 g/mol. The second-order valence-electron chi connectivity index (χ2n) is 6.61. The minimum atomic E-state index is -3.26. The SMILES string of the molecule is CCCCCCCC/C=C\CCCCCCCCS(=O)(=O)OCC.[H-].[Na+]. The van der Waals surface area contributed by atoms with Crippen LogP contribution in [0.25, 0.3) is 0 Å². The molecule has 0 aliphatic carbocycles. The van der Waals surface area contributed by atoms with E-state index in [4.69, 9.17) is 4.18 Å². The van der Waals surface area contributed by atoms with Crippen molar-refractivity contribution in [2.45, 2.75) is 104 Å². The summed E-state index contributed by atoms with van der Waals surface area (Å²) in [7, 11) is -3.26. The van der Waals surface area contributed by atoms with Crippen molar-refractivity contribution in [1.29, 1.82) is 0 Å². The Labute approximate surface area is 181 Å². The molecule has 0 aliphatic heterocycles. The van der Waals surface area contributed by atoms with Crippen molar-refractivity contribution in [2.75, 3.05) is 12.4 Å². The summed E-state index contributed by atoms with van der Waals surface area (Å²) in [6.45, 7) is 4.21. The first-order valence-corrected chi connectivity index (χ1v) is 11.7. The number of allylic oxidation sites excluding steroid dienone is 2. The maximum Gasteiger partial charge on any atom is 1.00 e. The third kappa shape index (κ3) is 22.6. The van der Waals surface area contributed by atoms with E-state index < -0.39 is 10.1 Å². The summed E-state index contributed by atoms with van der Waals surface area (Å²) >= 11 is 0. The van der Waals surface area contributed by atoms with Gasteiger partial charge in [0, 0.05) is 0 Å². The number of hydrogen-bond donors (Lipinski definition) is 0. The normalized spacial score (nSPS) is 11.8. The van der Waals surface area contributed by atoms with E-state index >= 15 is 0 Å². The van der Waals surface area contributed by atoms with Crippen molar-refractivity contribution in [3.05, 3.63) is 12.2 Å². The third-order valence-electron chi connectivity index (χ3n) is 4.20. The number of hydrogen-bond acceptors (Lipinski definition) is 3. The minimum Gasteiger partial charge on any atom is -1.00 e. The Morgan fingerprint density at radius 1 is 0.720 bits per heavy atom. The van der Waals surface area contributed by atoms with Gasteiger partial charge in [0.15, 0.2) is 0 Å². The topological polar surface area (TPSA) is 43.4 Å². The fourth-order valence-corrected chi connectivity index (χ4v) is 3.80. The number of unbranched alkanes of at least 4 members (excludes halogenated alkanes) is 12. The van der Waals surface area contributed by atoms with E-state index in [9.17, 15) is 8.42 Å². The largest absolute Gasteiger partial charge is 1.00 e. The molecule has 146 valence electrons. The van der Waals surface area contributed by atoms with Crippen molar-refractivity contribution in [1.82, 2.24) is 0 Å². The predicted octanol–water partition coefficient (Wildman–Crippen LogP) is 3.51. The zero-order chi connectivity index (χ0) is 17.9. The Kier molecular flexibility index (Phi) is 23.4. The summed E-state index contributed by atoms with van der Waals surface area (Å²) in [4.78, 5) is 0. The van der Waals surface area contributed by atoms with Crippen molar-refractivity contribution in [2.24, 2.45) is 0 Å². The Morgan fingerprint density at radius 2 is 1.16 bits per heavy atom. The van der Waals surface area contributed by atoms with E-state index in [0.29, 0.717) is 0 Å². The van der Waals surface area contributed by atoms with E-state index in [2.05, 4.69) is 19.1 Å². The molecule has 0 unspecified atom stereocenters. The fraction of sp³-hybridized carbons (Fsp3) is 0.900. The molecular formula is C20H41NaO3S. The molecule has 0 spiro atoms. The van der Waals surface area contributed by atoms with Crippen LogP contribution in [0.5, 0.6) is 0 Å². The van der Waals surface area contributed by atoms with Crippen LogP contribution in [0, 0.1) is 0 Å². The molecule has 0 saturated heterocycles. The van der Waals surface area contributed by atoms with Crippen LogP contribution in [0.4, 0.5) is 0 Å². The summed E-state index contributed by atoms with van der Waals surface area (Å²) in [5.41, 5.74) is 0. The van der Waals surface area contributed by atoms with Gasteiger partial charge in [-0.1, -0.05) is 76.9 Å². The third-order valence-corrected chi connectivity index (χ3v) is 5.59. The molecule has 0 amide bonds. The molecule has 0 aromatic carbocycles. The maximum atomic E-state index is 11.3. The summed E-state index contributed by atoms with van der Waals surface area (Å²) in [6, 6.07) is 0. The van der Waals surface area contributed by atoms with E-state index in [1.165, 1.54) is 70.6 Å². The first-order valence-electron chi connectivity index (χ1n) is 10.1. The Balaban J connectivity index is -0.00000264. The van der Waals surface area contributed by atoms with Gasteiger partial charge in [-0.2, -0.15) is 8.42 Å². The molecule has 25 heavy (non-hydrogen) atoms. The second kappa shape index (κ2) is 21.0. The molecule has 0 aromatic heterocycles. The first-order chi connectivity index (χ1) is 11.6. The Bertz CT molecular complexity index is 387. The van der Waals surface area contributed by atoms with Gasteiger partial charge in [-0.15, -0.1) is 0 Å². The van der Waals surface area contributed by atoms with Gasteiger partial charge in [0.1, 0.15) is 0 Å². The van der Waals surface area contributed by atoms with Gasteiger partial charge in [0.2, 0.25) is 0 Å². The molecule has 0 atom stereocenters. The molecule has 0 radical (unpaired) electrons.